The van der Waals surface area contributed by atoms with E-state index in [9.17, 15) is 9.90 Å². The fourth-order valence-corrected chi connectivity index (χ4v) is 3.67. The van der Waals surface area contributed by atoms with Crippen molar-refractivity contribution >= 4 is 11.6 Å². The molecule has 0 bridgehead atoms. The van der Waals surface area contributed by atoms with Crippen LogP contribution in [0.5, 0.6) is 5.75 Å². The first kappa shape index (κ1) is 20.8. The Bertz CT molecular complexity index is 700. The van der Waals surface area contributed by atoms with Crippen molar-refractivity contribution in [2.45, 2.75) is 92.3 Å². The highest BCUT2D eigenvalue weighted by atomic mass is 16.5. The Kier molecular flexibility index (Phi) is 5.49. The molecule has 1 aliphatic rings. The molecule has 146 valence electrons. The zero-order valence-corrected chi connectivity index (χ0v) is 17.7. The van der Waals surface area contributed by atoms with Crippen LogP contribution in [0, 0.1) is 19.3 Å². The molecule has 1 aromatic rings. The third-order valence-electron chi connectivity index (χ3n) is 5.50. The number of ether oxygens (including phenoxy) is 1. The van der Waals surface area contributed by atoms with Gasteiger partial charge >= 0.3 is 0 Å². The number of carbonyl (C=O) groups is 1. The lowest BCUT2D eigenvalue weighted by molar-refractivity contribution is -0.117. The topological polar surface area (TPSA) is 58.6 Å². The van der Waals surface area contributed by atoms with Crippen LogP contribution in [0.25, 0.3) is 0 Å². The molecular weight excluding hydrogens is 326 g/mol. The maximum atomic E-state index is 12.4. The normalized spacial score (nSPS) is 21.3. The SMILES string of the molecule is CCCCC1(O)c2cc(NC(=O)CC(C)(C)C)c(C)c(C)c2OC1(C)C. The molecule has 0 aromatic heterocycles. The number of nitrogens with one attached hydrogen (secondary N) is 1. The molecule has 1 heterocycles. The van der Waals surface area contributed by atoms with Crippen LogP contribution in [0.1, 0.15) is 83.9 Å². The van der Waals surface area contributed by atoms with Gasteiger partial charge in [0.2, 0.25) is 5.91 Å². The van der Waals surface area contributed by atoms with E-state index in [4.69, 9.17) is 4.74 Å². The highest BCUT2D eigenvalue weighted by Gasteiger charge is 2.54. The summed E-state index contributed by atoms with van der Waals surface area (Å²) < 4.78 is 6.20. The molecule has 1 amide bonds. The Hall–Kier alpha value is -1.55. The number of fused-ring (bicyclic) bond motifs is 1. The Labute approximate surface area is 158 Å². The van der Waals surface area contributed by atoms with E-state index >= 15 is 0 Å². The molecule has 0 radical (unpaired) electrons. The summed E-state index contributed by atoms with van der Waals surface area (Å²) >= 11 is 0. The standard InChI is InChI=1S/C22H35NO3/c1-9-10-11-22(25)16-12-17(23-18(24)13-20(4,5)6)14(2)15(3)19(16)26-21(22,7)8/h12,25H,9-11,13H2,1-8H3,(H,23,24). The van der Waals surface area contributed by atoms with Crippen molar-refractivity contribution in [2.75, 3.05) is 5.32 Å². The first-order chi connectivity index (χ1) is 11.8. The van der Waals surface area contributed by atoms with Crippen LogP contribution in [0.3, 0.4) is 0 Å². The number of unbranched alkanes of at least 4 members (excludes halogenated alkanes) is 1. The smallest absolute Gasteiger partial charge is 0.224 e. The van der Waals surface area contributed by atoms with Crippen LogP contribution in [-0.4, -0.2) is 16.6 Å². The molecule has 2 rings (SSSR count). The van der Waals surface area contributed by atoms with Crippen LogP contribution in [0.2, 0.25) is 0 Å². The lowest BCUT2D eigenvalue weighted by Gasteiger charge is -2.35. The van der Waals surface area contributed by atoms with Crippen molar-refractivity contribution < 1.29 is 14.6 Å². The lowest BCUT2D eigenvalue weighted by Crippen LogP contribution is -2.46. The van der Waals surface area contributed by atoms with Crippen LogP contribution < -0.4 is 10.1 Å². The van der Waals surface area contributed by atoms with Crippen molar-refractivity contribution in [1.29, 1.82) is 0 Å². The van der Waals surface area contributed by atoms with Crippen molar-refractivity contribution in [3.05, 3.63) is 22.8 Å². The number of benzene rings is 1. The molecule has 1 unspecified atom stereocenters. The summed E-state index contributed by atoms with van der Waals surface area (Å²) in [5, 5.41) is 14.6. The predicted octanol–water partition coefficient (Wildman–Crippen LogP) is 5.23. The van der Waals surface area contributed by atoms with Crippen LogP contribution in [0.15, 0.2) is 6.07 Å². The molecule has 0 aliphatic carbocycles. The van der Waals surface area contributed by atoms with Gasteiger partial charge in [0.1, 0.15) is 17.0 Å². The minimum atomic E-state index is -1.06. The van der Waals surface area contributed by atoms with E-state index < -0.39 is 11.2 Å². The molecule has 2 N–H and O–H groups in total. The molecule has 0 spiro atoms. The predicted molar refractivity (Wildman–Crippen MR) is 107 cm³/mol. The first-order valence-electron chi connectivity index (χ1n) is 9.68. The number of rotatable bonds is 5. The van der Waals surface area contributed by atoms with Crippen LogP contribution >= 0.6 is 0 Å². The Balaban J connectivity index is 2.46. The molecular formula is C22H35NO3. The van der Waals surface area contributed by atoms with Gasteiger partial charge in [0.25, 0.3) is 0 Å². The van der Waals surface area contributed by atoms with Gasteiger partial charge in [-0.15, -0.1) is 0 Å². The summed E-state index contributed by atoms with van der Waals surface area (Å²) in [6.07, 6.45) is 3.02. The molecule has 4 nitrogen and oxygen atoms in total. The number of aliphatic hydroxyl groups is 1. The maximum absolute atomic E-state index is 12.4. The minimum Gasteiger partial charge on any atom is -0.484 e. The number of carbonyl (C=O) groups excluding carboxylic acids is 1. The van der Waals surface area contributed by atoms with Gasteiger partial charge in [-0.05, 0) is 56.7 Å². The second kappa shape index (κ2) is 6.88. The van der Waals surface area contributed by atoms with Gasteiger partial charge < -0.3 is 15.2 Å². The van der Waals surface area contributed by atoms with Gasteiger partial charge in [-0.2, -0.15) is 0 Å². The summed E-state index contributed by atoms with van der Waals surface area (Å²) in [6.45, 7) is 16.1. The van der Waals surface area contributed by atoms with E-state index in [1.165, 1.54) is 0 Å². The molecule has 1 aliphatic heterocycles. The van der Waals surface area contributed by atoms with E-state index in [0.29, 0.717) is 12.8 Å². The highest BCUT2D eigenvalue weighted by Crippen LogP contribution is 2.53. The van der Waals surface area contributed by atoms with E-state index in [1.54, 1.807) is 0 Å². The van der Waals surface area contributed by atoms with Gasteiger partial charge in [0, 0.05) is 17.7 Å². The maximum Gasteiger partial charge on any atom is 0.224 e. The van der Waals surface area contributed by atoms with Gasteiger partial charge in [0.15, 0.2) is 0 Å². The Morgan fingerprint density at radius 1 is 1.23 bits per heavy atom. The quantitative estimate of drug-likeness (QED) is 0.755. The average molecular weight is 362 g/mol. The molecule has 26 heavy (non-hydrogen) atoms. The van der Waals surface area contributed by atoms with Crippen molar-refractivity contribution in [3.8, 4) is 5.75 Å². The summed E-state index contributed by atoms with van der Waals surface area (Å²) in [7, 11) is 0. The van der Waals surface area contributed by atoms with E-state index in [1.807, 2.05) is 54.5 Å². The van der Waals surface area contributed by atoms with E-state index in [-0.39, 0.29) is 11.3 Å². The van der Waals surface area contributed by atoms with Crippen LogP contribution in [-0.2, 0) is 10.4 Å². The van der Waals surface area contributed by atoms with Crippen molar-refractivity contribution in [2.24, 2.45) is 5.41 Å². The molecule has 0 saturated carbocycles. The van der Waals surface area contributed by atoms with Gasteiger partial charge in [-0.3, -0.25) is 4.79 Å². The molecule has 0 fully saturated rings. The number of amides is 1. The second-order valence-corrected chi connectivity index (χ2v) is 9.41. The third kappa shape index (κ3) is 3.75. The molecule has 4 heteroatoms. The van der Waals surface area contributed by atoms with E-state index in [0.717, 1.165) is 41.0 Å². The fourth-order valence-electron chi connectivity index (χ4n) is 3.67. The van der Waals surface area contributed by atoms with Gasteiger partial charge in [-0.25, -0.2) is 0 Å². The Morgan fingerprint density at radius 3 is 2.38 bits per heavy atom. The minimum absolute atomic E-state index is 0.00442. The summed E-state index contributed by atoms with van der Waals surface area (Å²) in [4.78, 5) is 12.4. The summed E-state index contributed by atoms with van der Waals surface area (Å²) in [5.74, 6) is 0.759. The summed E-state index contributed by atoms with van der Waals surface area (Å²) in [6, 6.07) is 1.92. The van der Waals surface area contributed by atoms with Crippen molar-refractivity contribution in [1.82, 2.24) is 0 Å². The number of anilines is 1. The number of hydrogen-bond acceptors (Lipinski definition) is 3. The molecule has 0 saturated heterocycles. The zero-order valence-electron chi connectivity index (χ0n) is 17.7. The van der Waals surface area contributed by atoms with Gasteiger partial charge in [-0.1, -0.05) is 40.5 Å². The molecule has 1 aromatic carbocycles. The monoisotopic (exact) mass is 361 g/mol. The largest absolute Gasteiger partial charge is 0.484 e. The Morgan fingerprint density at radius 2 is 1.85 bits per heavy atom. The average Bonchev–Trinajstić information content (AvgIpc) is 2.69. The van der Waals surface area contributed by atoms with E-state index in [2.05, 4.69) is 12.2 Å². The highest BCUT2D eigenvalue weighted by molar-refractivity contribution is 5.92. The third-order valence-corrected chi connectivity index (χ3v) is 5.50. The second-order valence-electron chi connectivity index (χ2n) is 9.41. The first-order valence-corrected chi connectivity index (χ1v) is 9.68. The van der Waals surface area contributed by atoms with Gasteiger partial charge in [0.05, 0.1) is 0 Å². The van der Waals surface area contributed by atoms with Crippen LogP contribution in [0.4, 0.5) is 5.69 Å². The lowest BCUT2D eigenvalue weighted by atomic mass is 9.77. The van der Waals surface area contributed by atoms with Crippen molar-refractivity contribution in [3.63, 3.8) is 0 Å². The summed E-state index contributed by atoms with van der Waals surface area (Å²) in [5.41, 5.74) is 1.71. The number of hydrogen-bond donors (Lipinski definition) is 2. The molecule has 1 atom stereocenters. The zero-order chi connectivity index (χ0) is 19.9. The fraction of sp³-hybridized carbons (Fsp3) is 0.682.